The lowest BCUT2D eigenvalue weighted by Crippen LogP contribution is -2.45. The van der Waals surface area contributed by atoms with Crippen LogP contribution in [0.15, 0.2) is 24.3 Å². The zero-order chi connectivity index (χ0) is 13.3. The molecule has 0 aliphatic rings. The Balaban J connectivity index is 4.21. The SMILES string of the molecule is CC/C=C\C=C/CCC(C)(C)C(NC)C(C)=O. The number of likely N-dealkylation sites (N-methyl/N-ethyl adjacent to an activating group) is 1. The Morgan fingerprint density at radius 3 is 2.35 bits per heavy atom. The van der Waals surface area contributed by atoms with E-state index in [1.165, 1.54) is 0 Å². The van der Waals surface area contributed by atoms with Gasteiger partial charge in [-0.1, -0.05) is 45.1 Å². The molecule has 0 aliphatic carbocycles. The number of carbonyl (C=O) groups excluding carboxylic acids is 1. The number of nitrogens with one attached hydrogen (secondary N) is 1. The first-order valence-corrected chi connectivity index (χ1v) is 6.45. The Hall–Kier alpha value is -0.890. The molecule has 0 heterocycles. The van der Waals surface area contributed by atoms with Gasteiger partial charge in [-0.2, -0.15) is 0 Å². The van der Waals surface area contributed by atoms with Crippen molar-refractivity contribution in [3.05, 3.63) is 24.3 Å². The molecule has 1 atom stereocenters. The normalized spacial score (nSPS) is 14.6. The molecule has 2 heteroatoms. The van der Waals surface area contributed by atoms with E-state index in [1.54, 1.807) is 6.92 Å². The van der Waals surface area contributed by atoms with Crippen LogP contribution in [0.25, 0.3) is 0 Å². The van der Waals surface area contributed by atoms with Crippen LogP contribution in [0.5, 0.6) is 0 Å². The van der Waals surface area contributed by atoms with Crippen molar-refractivity contribution in [1.82, 2.24) is 5.32 Å². The summed E-state index contributed by atoms with van der Waals surface area (Å²) in [4.78, 5) is 11.5. The molecular weight excluding hydrogens is 210 g/mol. The van der Waals surface area contributed by atoms with E-state index in [9.17, 15) is 4.79 Å². The second-order valence-electron chi connectivity index (χ2n) is 5.12. The fraction of sp³-hybridized carbons (Fsp3) is 0.667. The van der Waals surface area contributed by atoms with E-state index in [-0.39, 0.29) is 17.2 Å². The Morgan fingerprint density at radius 2 is 1.88 bits per heavy atom. The van der Waals surface area contributed by atoms with Crippen LogP contribution in [0.4, 0.5) is 0 Å². The maximum absolute atomic E-state index is 11.5. The number of ketones is 1. The smallest absolute Gasteiger partial charge is 0.147 e. The van der Waals surface area contributed by atoms with Crippen molar-refractivity contribution in [3.63, 3.8) is 0 Å². The molecule has 0 rings (SSSR count). The van der Waals surface area contributed by atoms with Gasteiger partial charge in [0.05, 0.1) is 6.04 Å². The second-order valence-corrected chi connectivity index (χ2v) is 5.12. The maximum Gasteiger partial charge on any atom is 0.147 e. The summed E-state index contributed by atoms with van der Waals surface area (Å²) in [5.74, 6) is 0.215. The Kier molecular flexibility index (Phi) is 7.81. The minimum Gasteiger partial charge on any atom is -0.310 e. The first-order valence-electron chi connectivity index (χ1n) is 6.45. The van der Waals surface area contributed by atoms with Gasteiger partial charge in [0.15, 0.2) is 0 Å². The van der Waals surface area contributed by atoms with E-state index in [0.717, 1.165) is 19.3 Å². The number of allylic oxidation sites excluding steroid dienone is 4. The molecule has 1 N–H and O–H groups in total. The van der Waals surface area contributed by atoms with Crippen molar-refractivity contribution in [2.75, 3.05) is 7.05 Å². The molecule has 17 heavy (non-hydrogen) atoms. The van der Waals surface area contributed by atoms with Gasteiger partial charge in [-0.15, -0.1) is 0 Å². The predicted molar refractivity (Wildman–Crippen MR) is 75.1 cm³/mol. The topological polar surface area (TPSA) is 29.1 Å². The summed E-state index contributed by atoms with van der Waals surface area (Å²) in [6.45, 7) is 8.07. The molecule has 0 radical (unpaired) electrons. The Labute approximate surface area is 106 Å². The standard InChI is InChI=1S/C15H27NO/c1-6-7-8-9-10-11-12-15(3,4)14(16-5)13(2)17/h7-10,14,16H,6,11-12H2,1-5H3/b8-7-,10-9-. The van der Waals surface area contributed by atoms with Gasteiger partial charge in [0.2, 0.25) is 0 Å². The Bertz CT molecular complexity index is 277. The van der Waals surface area contributed by atoms with Crippen molar-refractivity contribution in [2.24, 2.45) is 5.41 Å². The molecule has 0 bridgehead atoms. The number of hydrogen-bond acceptors (Lipinski definition) is 2. The minimum absolute atomic E-state index is 0.000601. The number of rotatable bonds is 8. The van der Waals surface area contributed by atoms with Crippen LogP contribution in [0, 0.1) is 5.41 Å². The maximum atomic E-state index is 11.5. The lowest BCUT2D eigenvalue weighted by Gasteiger charge is -2.32. The molecular formula is C15H27NO. The lowest BCUT2D eigenvalue weighted by atomic mass is 9.78. The van der Waals surface area contributed by atoms with Gasteiger partial charge in [-0.25, -0.2) is 0 Å². The highest BCUT2D eigenvalue weighted by molar-refractivity contribution is 5.82. The van der Waals surface area contributed by atoms with E-state index in [4.69, 9.17) is 0 Å². The fourth-order valence-electron chi connectivity index (χ4n) is 2.13. The number of Topliss-reactive ketones (excluding diaryl/α,β-unsaturated/α-hetero) is 1. The molecule has 0 aromatic rings. The molecule has 0 aliphatic heterocycles. The monoisotopic (exact) mass is 237 g/mol. The molecule has 0 spiro atoms. The van der Waals surface area contributed by atoms with Crippen LogP contribution in [0.3, 0.4) is 0 Å². The highest BCUT2D eigenvalue weighted by Gasteiger charge is 2.30. The van der Waals surface area contributed by atoms with E-state index >= 15 is 0 Å². The van der Waals surface area contributed by atoms with Gasteiger partial charge in [0.1, 0.15) is 5.78 Å². The summed E-state index contributed by atoms with van der Waals surface area (Å²) in [5, 5.41) is 3.12. The molecule has 0 saturated heterocycles. The van der Waals surface area contributed by atoms with Gasteiger partial charge < -0.3 is 5.32 Å². The molecule has 0 fully saturated rings. The van der Waals surface area contributed by atoms with Crippen LogP contribution in [0.1, 0.15) is 47.0 Å². The third-order valence-corrected chi connectivity index (χ3v) is 3.05. The second kappa shape index (κ2) is 8.24. The van der Waals surface area contributed by atoms with Crippen LogP contribution in [-0.4, -0.2) is 18.9 Å². The highest BCUT2D eigenvalue weighted by atomic mass is 16.1. The first-order chi connectivity index (χ1) is 7.95. The summed E-state index contributed by atoms with van der Waals surface area (Å²) in [7, 11) is 1.85. The average Bonchev–Trinajstić information content (AvgIpc) is 2.23. The van der Waals surface area contributed by atoms with E-state index in [1.807, 2.05) is 7.05 Å². The third kappa shape index (κ3) is 6.42. The van der Waals surface area contributed by atoms with Crippen molar-refractivity contribution in [3.8, 4) is 0 Å². The van der Waals surface area contributed by atoms with Crippen molar-refractivity contribution in [2.45, 2.75) is 53.0 Å². The van der Waals surface area contributed by atoms with Crippen LogP contribution < -0.4 is 5.32 Å². The summed E-state index contributed by atoms with van der Waals surface area (Å²) >= 11 is 0. The zero-order valence-corrected chi connectivity index (χ0v) is 11.9. The minimum atomic E-state index is -0.0536. The van der Waals surface area contributed by atoms with Gasteiger partial charge in [-0.3, -0.25) is 4.79 Å². The van der Waals surface area contributed by atoms with Gasteiger partial charge in [0.25, 0.3) is 0 Å². The number of carbonyl (C=O) groups is 1. The molecule has 1 unspecified atom stereocenters. The average molecular weight is 237 g/mol. The summed E-state index contributed by atoms with van der Waals surface area (Å²) in [5.41, 5.74) is -0.000601. The van der Waals surface area contributed by atoms with Gasteiger partial charge in [-0.05, 0) is 38.6 Å². The largest absolute Gasteiger partial charge is 0.310 e. The molecule has 0 saturated carbocycles. The van der Waals surface area contributed by atoms with Crippen LogP contribution in [-0.2, 0) is 4.79 Å². The first kappa shape index (κ1) is 16.1. The zero-order valence-electron chi connectivity index (χ0n) is 11.9. The molecule has 0 aromatic carbocycles. The fourth-order valence-corrected chi connectivity index (χ4v) is 2.13. The lowest BCUT2D eigenvalue weighted by molar-refractivity contribution is -0.121. The summed E-state index contributed by atoms with van der Waals surface area (Å²) in [6.07, 6.45) is 11.5. The van der Waals surface area contributed by atoms with Crippen molar-refractivity contribution in [1.29, 1.82) is 0 Å². The Morgan fingerprint density at radius 1 is 1.29 bits per heavy atom. The highest BCUT2D eigenvalue weighted by Crippen LogP contribution is 2.27. The molecule has 2 nitrogen and oxygen atoms in total. The summed E-state index contributed by atoms with van der Waals surface area (Å²) < 4.78 is 0. The predicted octanol–water partition coefficient (Wildman–Crippen LogP) is 3.49. The van der Waals surface area contributed by atoms with E-state index in [2.05, 4.69) is 50.4 Å². The van der Waals surface area contributed by atoms with E-state index in [0.29, 0.717) is 0 Å². The van der Waals surface area contributed by atoms with Gasteiger partial charge >= 0.3 is 0 Å². The quantitative estimate of drug-likeness (QED) is 0.655. The molecule has 0 aromatic heterocycles. The van der Waals surface area contributed by atoms with Gasteiger partial charge in [0, 0.05) is 0 Å². The van der Waals surface area contributed by atoms with E-state index < -0.39 is 0 Å². The van der Waals surface area contributed by atoms with Crippen molar-refractivity contribution >= 4 is 5.78 Å². The molecule has 0 amide bonds. The van der Waals surface area contributed by atoms with Crippen LogP contribution >= 0.6 is 0 Å². The number of hydrogen-bond donors (Lipinski definition) is 1. The third-order valence-electron chi connectivity index (χ3n) is 3.05. The summed E-state index contributed by atoms with van der Waals surface area (Å²) in [6, 6.07) is -0.0536. The van der Waals surface area contributed by atoms with Crippen LogP contribution in [0.2, 0.25) is 0 Å². The van der Waals surface area contributed by atoms with Crippen molar-refractivity contribution < 1.29 is 4.79 Å². The molecule has 98 valence electrons.